The Morgan fingerprint density at radius 3 is 1.50 bits per heavy atom. The van der Waals surface area contributed by atoms with Gasteiger partial charge in [-0.1, -0.05) is 158 Å². The van der Waals surface area contributed by atoms with Crippen molar-refractivity contribution in [1.29, 1.82) is 0 Å². The quantitative estimate of drug-likeness (QED) is 0.250. The van der Waals surface area contributed by atoms with Gasteiger partial charge in [-0.3, -0.25) is 0 Å². The van der Waals surface area contributed by atoms with Gasteiger partial charge in [-0.15, -0.1) is 0 Å². The molecule has 0 aromatic carbocycles. The number of hydrogen-bond acceptors (Lipinski definition) is 1. The van der Waals surface area contributed by atoms with E-state index < -0.39 is 8.07 Å². The molecule has 0 amide bonds. The normalized spacial score (nSPS) is 45.6. The SMILES string of the molecule is COC1C(C(C)(C)C)CC2C(CC(C)C2[Si@@](C)(C2CCCCC2)C2C(C)C[C@@H]3C2CC(C(C)(C)C)C[C@@H]3C2CCCCC2)[C@H]1C1CCCCC1. The fourth-order valence-electron chi connectivity index (χ4n) is 17.1. The summed E-state index contributed by atoms with van der Waals surface area (Å²) in [5, 5.41) is 0. The zero-order valence-corrected chi connectivity index (χ0v) is 36.3. The zero-order valence-electron chi connectivity index (χ0n) is 35.3. The molecule has 0 saturated heterocycles. The van der Waals surface area contributed by atoms with Crippen LogP contribution in [0.1, 0.15) is 184 Å². The van der Waals surface area contributed by atoms with Gasteiger partial charge in [-0.2, -0.15) is 0 Å². The average molecular weight is 707 g/mol. The first-order valence-corrected chi connectivity index (χ1v) is 26.0. The average Bonchev–Trinajstić information content (AvgIpc) is 3.62. The van der Waals surface area contributed by atoms with Crippen molar-refractivity contribution in [2.75, 3.05) is 7.11 Å². The molecular weight excluding hydrogens is 621 g/mol. The maximum Gasteiger partial charge on any atom is 0.0638 e. The Morgan fingerprint density at radius 1 is 0.500 bits per heavy atom. The molecule has 0 radical (unpaired) electrons. The molecule has 288 valence electrons. The molecule has 7 fully saturated rings. The van der Waals surface area contributed by atoms with Crippen molar-refractivity contribution >= 4 is 8.07 Å². The number of hydrogen-bond donors (Lipinski definition) is 0. The van der Waals surface area contributed by atoms with Gasteiger partial charge in [0.15, 0.2) is 0 Å². The van der Waals surface area contributed by atoms with Crippen LogP contribution in [-0.2, 0) is 4.74 Å². The molecule has 7 aliphatic rings. The van der Waals surface area contributed by atoms with Crippen molar-refractivity contribution in [2.24, 2.45) is 81.8 Å². The second kappa shape index (κ2) is 15.0. The monoisotopic (exact) mass is 707 g/mol. The van der Waals surface area contributed by atoms with Crippen molar-refractivity contribution in [3.63, 3.8) is 0 Å². The van der Waals surface area contributed by atoms with Crippen LogP contribution in [0.3, 0.4) is 0 Å². The first kappa shape index (κ1) is 38.5. The first-order valence-electron chi connectivity index (χ1n) is 23.3. The summed E-state index contributed by atoms with van der Waals surface area (Å²) in [5.74, 6) is 11.3. The largest absolute Gasteiger partial charge is 0.381 e. The lowest BCUT2D eigenvalue weighted by atomic mass is 9.56. The van der Waals surface area contributed by atoms with Gasteiger partial charge in [-0.05, 0) is 131 Å². The summed E-state index contributed by atoms with van der Waals surface area (Å²) in [6.07, 6.45) is 31.1. The summed E-state index contributed by atoms with van der Waals surface area (Å²) in [7, 11) is 0.386. The first-order chi connectivity index (χ1) is 23.7. The second-order valence-corrected chi connectivity index (χ2v) is 28.2. The summed E-state index contributed by atoms with van der Waals surface area (Å²) in [4.78, 5) is 0. The Labute approximate surface area is 313 Å². The lowest BCUT2D eigenvalue weighted by Gasteiger charge is -2.58. The van der Waals surface area contributed by atoms with Gasteiger partial charge in [0, 0.05) is 7.11 Å². The van der Waals surface area contributed by atoms with Crippen molar-refractivity contribution in [1.82, 2.24) is 0 Å². The minimum Gasteiger partial charge on any atom is -0.381 e. The zero-order chi connectivity index (χ0) is 35.6. The van der Waals surface area contributed by atoms with E-state index in [1.54, 1.807) is 44.9 Å². The van der Waals surface area contributed by atoms with E-state index in [0.717, 1.165) is 81.7 Å². The standard InChI is InChI=1S/C48H86OSi/c1-31-26-38-37(33-20-14-11-15-21-33)28-35(47(3,4)5)29-40(38)45(31)50(10,36-24-18-13-19-25-36)46-32(2)27-39-41(46)30-42(48(6,7)8)44(49-9)43(39)34-22-16-12-17-23-34/h31-46H,11-30H2,1-10H3/t31?,32?,35?,37-,38+,39?,40?,41?,42?,43-,44?,45?,46?,50+/m1/s1. The number of fused-ring (bicyclic) bond motifs is 2. The van der Waals surface area contributed by atoms with Crippen LogP contribution < -0.4 is 0 Å². The highest BCUT2D eigenvalue weighted by Crippen LogP contribution is 2.72. The van der Waals surface area contributed by atoms with E-state index in [1.807, 2.05) is 0 Å². The van der Waals surface area contributed by atoms with Crippen LogP contribution in [0.4, 0.5) is 0 Å². The molecule has 0 spiro atoms. The van der Waals surface area contributed by atoms with Gasteiger partial charge in [-0.25, -0.2) is 0 Å². The Balaban J connectivity index is 1.31. The van der Waals surface area contributed by atoms with E-state index in [1.165, 1.54) is 83.5 Å². The smallest absolute Gasteiger partial charge is 0.0638 e. The van der Waals surface area contributed by atoms with E-state index in [4.69, 9.17) is 4.74 Å². The minimum atomic E-state index is -1.73. The molecule has 7 saturated carbocycles. The number of ether oxygens (including phenoxy) is 1. The Kier molecular flexibility index (Phi) is 11.5. The lowest BCUT2D eigenvalue weighted by molar-refractivity contribution is -0.117. The second-order valence-electron chi connectivity index (χ2n) is 23.3. The minimum absolute atomic E-state index is 0.319. The van der Waals surface area contributed by atoms with Crippen LogP contribution in [0, 0.1) is 81.8 Å². The molecule has 2 heteroatoms. The van der Waals surface area contributed by atoms with Gasteiger partial charge >= 0.3 is 0 Å². The summed E-state index contributed by atoms with van der Waals surface area (Å²) < 4.78 is 6.79. The summed E-state index contributed by atoms with van der Waals surface area (Å²) in [6.45, 7) is 24.5. The van der Waals surface area contributed by atoms with E-state index in [2.05, 4.69) is 69.0 Å². The molecule has 0 aromatic heterocycles. The Morgan fingerprint density at radius 2 is 0.980 bits per heavy atom. The number of rotatable bonds is 6. The van der Waals surface area contributed by atoms with Crippen LogP contribution in [-0.4, -0.2) is 21.3 Å². The van der Waals surface area contributed by atoms with Crippen LogP contribution >= 0.6 is 0 Å². The third-order valence-electron chi connectivity index (χ3n) is 19.0. The Bertz CT molecular complexity index is 1100. The third-order valence-corrected chi connectivity index (χ3v) is 26.2. The van der Waals surface area contributed by atoms with Gasteiger partial charge in [0.1, 0.15) is 0 Å². The molecule has 0 aliphatic heterocycles. The summed E-state index contributed by atoms with van der Waals surface area (Å²) >= 11 is 0. The molecular formula is C48H86OSi. The molecule has 0 aromatic rings. The third kappa shape index (κ3) is 6.95. The molecule has 7 rings (SSSR count). The highest BCUT2D eigenvalue weighted by Gasteiger charge is 2.66. The van der Waals surface area contributed by atoms with Crippen LogP contribution in [0.2, 0.25) is 23.2 Å². The molecule has 1 nitrogen and oxygen atoms in total. The van der Waals surface area contributed by atoms with E-state index >= 15 is 0 Å². The highest BCUT2D eigenvalue weighted by atomic mass is 28.3. The predicted octanol–water partition coefficient (Wildman–Crippen LogP) is 14.6. The maximum atomic E-state index is 6.79. The molecule has 50 heavy (non-hydrogen) atoms. The fourth-order valence-corrected chi connectivity index (χ4v) is 25.6. The van der Waals surface area contributed by atoms with E-state index in [0.29, 0.717) is 22.9 Å². The van der Waals surface area contributed by atoms with Crippen LogP contribution in [0.25, 0.3) is 0 Å². The van der Waals surface area contributed by atoms with E-state index in [-0.39, 0.29) is 0 Å². The number of methoxy groups -OCH3 is 1. The van der Waals surface area contributed by atoms with Gasteiger partial charge < -0.3 is 4.74 Å². The molecule has 14 atom stereocenters. The van der Waals surface area contributed by atoms with Crippen molar-refractivity contribution in [3.8, 4) is 0 Å². The summed E-state index contributed by atoms with van der Waals surface area (Å²) in [5.41, 5.74) is 3.96. The molecule has 0 heterocycles. The topological polar surface area (TPSA) is 9.23 Å². The Hall–Kier alpha value is 0.177. The van der Waals surface area contributed by atoms with E-state index in [9.17, 15) is 0 Å². The van der Waals surface area contributed by atoms with Gasteiger partial charge in [0.05, 0.1) is 14.2 Å². The van der Waals surface area contributed by atoms with Crippen LogP contribution in [0.5, 0.6) is 0 Å². The molecule has 0 bridgehead atoms. The fraction of sp³-hybridized carbons (Fsp3) is 1.00. The van der Waals surface area contributed by atoms with Crippen LogP contribution in [0.15, 0.2) is 0 Å². The molecule has 7 aliphatic carbocycles. The molecule has 10 unspecified atom stereocenters. The van der Waals surface area contributed by atoms with Crippen molar-refractivity contribution in [2.45, 2.75) is 213 Å². The van der Waals surface area contributed by atoms with Gasteiger partial charge in [0.25, 0.3) is 0 Å². The highest BCUT2D eigenvalue weighted by molar-refractivity contribution is 6.83. The summed E-state index contributed by atoms with van der Waals surface area (Å²) in [6, 6.07) is 0. The van der Waals surface area contributed by atoms with Crippen molar-refractivity contribution in [3.05, 3.63) is 0 Å². The predicted molar refractivity (Wildman–Crippen MR) is 218 cm³/mol. The van der Waals surface area contributed by atoms with Gasteiger partial charge in [0.2, 0.25) is 0 Å². The van der Waals surface area contributed by atoms with Crippen molar-refractivity contribution < 1.29 is 4.74 Å². The molecule has 0 N–H and O–H groups in total. The lowest BCUT2D eigenvalue weighted by Crippen LogP contribution is -2.56. The maximum absolute atomic E-state index is 6.79.